The zero-order valence-electron chi connectivity index (χ0n) is 8.49. The largest absolute Gasteiger partial charge is 0.333 e. The summed E-state index contributed by atoms with van der Waals surface area (Å²) in [5.41, 5.74) is 0.226. The van der Waals surface area contributed by atoms with Gasteiger partial charge in [0.1, 0.15) is 10.8 Å². The Balaban J connectivity index is 2.26. The van der Waals surface area contributed by atoms with E-state index in [0.717, 1.165) is 6.42 Å². The average molecular weight is 257 g/mol. The molecular formula is C11H10Cl2N2O. The normalized spacial score (nSPS) is 15.2. The number of amides is 1. The molecule has 1 aromatic heterocycles. The highest BCUT2D eigenvalue weighted by Gasteiger charge is 2.20. The van der Waals surface area contributed by atoms with E-state index in [-0.39, 0.29) is 16.8 Å². The molecule has 84 valence electrons. The molecule has 2 heterocycles. The van der Waals surface area contributed by atoms with Crippen LogP contribution in [0.1, 0.15) is 16.9 Å². The van der Waals surface area contributed by atoms with Gasteiger partial charge in [0.25, 0.3) is 5.91 Å². The van der Waals surface area contributed by atoms with Crippen LogP contribution in [0.5, 0.6) is 0 Å². The van der Waals surface area contributed by atoms with Crippen LogP contribution in [0.3, 0.4) is 0 Å². The van der Waals surface area contributed by atoms with Crippen molar-refractivity contribution < 1.29 is 4.79 Å². The first-order chi connectivity index (χ1) is 7.68. The summed E-state index contributed by atoms with van der Waals surface area (Å²) in [6.07, 6.45) is 4.88. The van der Waals surface area contributed by atoms with E-state index in [1.165, 1.54) is 0 Å². The van der Waals surface area contributed by atoms with Crippen molar-refractivity contribution >= 4 is 29.1 Å². The lowest BCUT2D eigenvalue weighted by Gasteiger charge is -2.23. The Morgan fingerprint density at radius 3 is 2.81 bits per heavy atom. The molecule has 3 nitrogen and oxygen atoms in total. The quantitative estimate of drug-likeness (QED) is 0.572. The molecule has 0 saturated heterocycles. The van der Waals surface area contributed by atoms with Gasteiger partial charge in [0, 0.05) is 13.1 Å². The van der Waals surface area contributed by atoms with E-state index in [0.29, 0.717) is 18.1 Å². The van der Waals surface area contributed by atoms with E-state index < -0.39 is 0 Å². The Bertz CT molecular complexity index is 446. The second-order valence-corrected chi connectivity index (χ2v) is 4.27. The number of hydrogen-bond donors (Lipinski definition) is 0. The molecule has 0 aliphatic carbocycles. The molecule has 1 amide bonds. The summed E-state index contributed by atoms with van der Waals surface area (Å²) in [7, 11) is 0. The maximum atomic E-state index is 12.1. The first kappa shape index (κ1) is 11.4. The van der Waals surface area contributed by atoms with E-state index >= 15 is 0 Å². The highest BCUT2D eigenvalue weighted by Crippen LogP contribution is 2.19. The molecule has 0 aromatic carbocycles. The van der Waals surface area contributed by atoms with Crippen molar-refractivity contribution in [2.75, 3.05) is 13.1 Å². The topological polar surface area (TPSA) is 33.2 Å². The second kappa shape index (κ2) is 4.85. The summed E-state index contributed by atoms with van der Waals surface area (Å²) in [5, 5.41) is 0.615. The number of carbonyl (C=O) groups excluding carboxylic acids is 1. The summed E-state index contributed by atoms with van der Waals surface area (Å²) in [4.78, 5) is 17.7. The Kier molecular flexibility index (Phi) is 3.46. The first-order valence-corrected chi connectivity index (χ1v) is 5.70. The summed E-state index contributed by atoms with van der Waals surface area (Å²) in [5.74, 6) is -0.170. The summed E-state index contributed by atoms with van der Waals surface area (Å²) in [6, 6.07) is 3.15. The van der Waals surface area contributed by atoms with Gasteiger partial charge < -0.3 is 4.90 Å². The van der Waals surface area contributed by atoms with Gasteiger partial charge >= 0.3 is 0 Å². The van der Waals surface area contributed by atoms with Crippen LogP contribution in [-0.4, -0.2) is 28.9 Å². The summed E-state index contributed by atoms with van der Waals surface area (Å²) >= 11 is 11.7. The molecule has 0 atom stereocenters. The van der Waals surface area contributed by atoms with Crippen molar-refractivity contribution in [1.29, 1.82) is 0 Å². The van der Waals surface area contributed by atoms with Gasteiger partial charge in [0.15, 0.2) is 0 Å². The highest BCUT2D eigenvalue weighted by atomic mass is 35.5. The Hall–Kier alpha value is -1.06. The third-order valence-electron chi connectivity index (χ3n) is 2.36. The van der Waals surface area contributed by atoms with Crippen LogP contribution in [0.2, 0.25) is 10.2 Å². The van der Waals surface area contributed by atoms with Crippen LogP contribution in [0.15, 0.2) is 24.3 Å². The van der Waals surface area contributed by atoms with Crippen molar-refractivity contribution in [2.24, 2.45) is 0 Å². The van der Waals surface area contributed by atoms with E-state index in [2.05, 4.69) is 11.1 Å². The molecule has 1 aromatic rings. The Morgan fingerprint density at radius 1 is 1.31 bits per heavy atom. The lowest BCUT2D eigenvalue weighted by atomic mass is 10.2. The smallest absolute Gasteiger partial charge is 0.274 e. The molecule has 0 radical (unpaired) electrons. The molecule has 0 spiro atoms. The molecule has 0 fully saturated rings. The van der Waals surface area contributed by atoms with E-state index in [4.69, 9.17) is 23.2 Å². The van der Waals surface area contributed by atoms with Gasteiger partial charge in [-0.1, -0.05) is 35.4 Å². The lowest BCUT2D eigenvalue weighted by molar-refractivity contribution is 0.0765. The third-order valence-corrected chi connectivity index (χ3v) is 2.88. The van der Waals surface area contributed by atoms with Gasteiger partial charge in [0.05, 0.1) is 5.02 Å². The van der Waals surface area contributed by atoms with Crippen LogP contribution in [-0.2, 0) is 0 Å². The molecule has 0 saturated carbocycles. The minimum atomic E-state index is -0.170. The zero-order valence-corrected chi connectivity index (χ0v) is 10.0. The molecule has 1 aliphatic rings. The number of nitrogens with zero attached hydrogens (tertiary/aromatic N) is 2. The van der Waals surface area contributed by atoms with Gasteiger partial charge in [-0.25, -0.2) is 4.98 Å². The molecular weight excluding hydrogens is 247 g/mol. The molecule has 1 aliphatic heterocycles. The number of carbonyl (C=O) groups is 1. The van der Waals surface area contributed by atoms with E-state index in [1.54, 1.807) is 17.0 Å². The average Bonchev–Trinajstić information content (AvgIpc) is 2.32. The number of halogens is 2. The zero-order chi connectivity index (χ0) is 11.5. The number of hydrogen-bond acceptors (Lipinski definition) is 2. The number of rotatable bonds is 1. The van der Waals surface area contributed by atoms with Crippen molar-refractivity contribution in [3.8, 4) is 0 Å². The SMILES string of the molecule is O=C(c1nc(Cl)ccc1Cl)N1CC=CCC1. The maximum Gasteiger partial charge on any atom is 0.274 e. The third kappa shape index (κ3) is 2.36. The number of pyridine rings is 1. The fraction of sp³-hybridized carbons (Fsp3) is 0.273. The van der Waals surface area contributed by atoms with Crippen molar-refractivity contribution in [3.63, 3.8) is 0 Å². The fourth-order valence-electron chi connectivity index (χ4n) is 1.54. The summed E-state index contributed by atoms with van der Waals surface area (Å²) < 4.78 is 0. The van der Waals surface area contributed by atoms with E-state index in [9.17, 15) is 4.79 Å². The Labute approximate surface area is 104 Å². The first-order valence-electron chi connectivity index (χ1n) is 4.95. The van der Waals surface area contributed by atoms with Gasteiger partial charge in [-0.15, -0.1) is 0 Å². The van der Waals surface area contributed by atoms with Gasteiger partial charge in [-0.05, 0) is 18.6 Å². The van der Waals surface area contributed by atoms with E-state index in [1.807, 2.05) is 6.08 Å². The predicted molar refractivity (Wildman–Crippen MR) is 63.9 cm³/mol. The predicted octanol–water partition coefficient (Wildman–Crippen LogP) is 2.79. The van der Waals surface area contributed by atoms with Crippen molar-refractivity contribution in [1.82, 2.24) is 9.88 Å². The van der Waals surface area contributed by atoms with Crippen LogP contribution >= 0.6 is 23.2 Å². The molecule has 16 heavy (non-hydrogen) atoms. The van der Waals surface area contributed by atoms with Crippen molar-refractivity contribution in [2.45, 2.75) is 6.42 Å². The standard InChI is InChI=1S/C11H10Cl2N2O/c12-8-4-5-9(13)14-10(8)11(16)15-6-2-1-3-7-15/h1-2,4-5H,3,6-7H2. The van der Waals surface area contributed by atoms with Gasteiger partial charge in [-0.3, -0.25) is 4.79 Å². The minimum absolute atomic E-state index is 0.170. The summed E-state index contributed by atoms with van der Waals surface area (Å²) in [6.45, 7) is 1.29. The monoisotopic (exact) mass is 256 g/mol. The van der Waals surface area contributed by atoms with Crippen LogP contribution < -0.4 is 0 Å². The molecule has 0 unspecified atom stereocenters. The molecule has 5 heteroatoms. The van der Waals surface area contributed by atoms with Gasteiger partial charge in [0.2, 0.25) is 0 Å². The molecule has 0 bridgehead atoms. The number of aromatic nitrogens is 1. The minimum Gasteiger partial charge on any atom is -0.333 e. The second-order valence-electron chi connectivity index (χ2n) is 3.48. The molecule has 2 rings (SSSR count). The molecule has 0 N–H and O–H groups in total. The van der Waals surface area contributed by atoms with Gasteiger partial charge in [-0.2, -0.15) is 0 Å². The van der Waals surface area contributed by atoms with Crippen molar-refractivity contribution in [3.05, 3.63) is 40.2 Å². The Morgan fingerprint density at radius 2 is 2.12 bits per heavy atom. The highest BCUT2D eigenvalue weighted by molar-refractivity contribution is 6.34. The van der Waals surface area contributed by atoms with Crippen LogP contribution in [0.4, 0.5) is 0 Å². The lowest BCUT2D eigenvalue weighted by Crippen LogP contribution is -2.34. The maximum absolute atomic E-state index is 12.1. The fourth-order valence-corrected chi connectivity index (χ4v) is 1.88. The van der Waals surface area contributed by atoms with Crippen LogP contribution in [0.25, 0.3) is 0 Å². The van der Waals surface area contributed by atoms with Crippen LogP contribution in [0, 0.1) is 0 Å².